The van der Waals surface area contributed by atoms with Crippen LogP contribution in [0.25, 0.3) is 0 Å². The van der Waals surface area contributed by atoms with Gasteiger partial charge < -0.3 is 14.6 Å². The molecule has 0 aliphatic carbocycles. The summed E-state index contributed by atoms with van der Waals surface area (Å²) < 4.78 is 5.27. The van der Waals surface area contributed by atoms with Crippen molar-refractivity contribution in [2.24, 2.45) is 4.99 Å². The van der Waals surface area contributed by atoms with Gasteiger partial charge >= 0.3 is 0 Å². The molecule has 0 aliphatic heterocycles. The van der Waals surface area contributed by atoms with E-state index in [1.807, 2.05) is 31.0 Å². The van der Waals surface area contributed by atoms with E-state index in [0.717, 1.165) is 36.8 Å². The molecule has 4 nitrogen and oxygen atoms in total. The zero-order valence-electron chi connectivity index (χ0n) is 11.3. The maximum absolute atomic E-state index is 5.27. The number of hydrogen-bond acceptors (Lipinski definition) is 2. The molecule has 1 rings (SSSR count). The van der Waals surface area contributed by atoms with Crippen LogP contribution in [-0.4, -0.2) is 38.0 Å². The Morgan fingerprint density at radius 3 is 2.78 bits per heavy atom. The first-order valence-electron chi connectivity index (χ1n) is 5.72. The highest BCUT2D eigenvalue weighted by Gasteiger charge is 2.05. The summed E-state index contributed by atoms with van der Waals surface area (Å²) in [5.74, 6) is 1.86. The van der Waals surface area contributed by atoms with Crippen molar-refractivity contribution in [1.82, 2.24) is 10.2 Å². The predicted molar refractivity (Wildman–Crippen MR) is 86.6 cm³/mol. The molecule has 0 saturated carbocycles. The molecule has 1 N–H and O–H groups in total. The monoisotopic (exact) mass is 363 g/mol. The second-order valence-electron chi connectivity index (χ2n) is 4.12. The number of rotatable bonds is 5. The van der Waals surface area contributed by atoms with Crippen molar-refractivity contribution in [3.05, 3.63) is 36.3 Å². The summed E-state index contributed by atoms with van der Waals surface area (Å²) in [6, 6.07) is 3.87. The summed E-state index contributed by atoms with van der Waals surface area (Å²) in [5, 5.41) is 3.29. The zero-order chi connectivity index (χ0) is 12.7. The zero-order valence-corrected chi connectivity index (χ0v) is 13.6. The third-order valence-electron chi connectivity index (χ3n) is 2.32. The third kappa shape index (κ3) is 6.09. The lowest BCUT2D eigenvalue weighted by molar-refractivity contribution is 0.494. The molecular weight excluding hydrogens is 341 g/mol. The fraction of sp³-hybridized carbons (Fsp3) is 0.462. The number of nitrogens with one attached hydrogen (secondary N) is 1. The third-order valence-corrected chi connectivity index (χ3v) is 2.32. The first-order valence-corrected chi connectivity index (χ1v) is 5.72. The molecule has 0 amide bonds. The van der Waals surface area contributed by atoms with Crippen LogP contribution < -0.4 is 5.32 Å². The molecule has 0 aromatic carbocycles. The van der Waals surface area contributed by atoms with Crippen molar-refractivity contribution in [3.8, 4) is 0 Å². The second-order valence-corrected chi connectivity index (χ2v) is 4.12. The Morgan fingerprint density at radius 2 is 2.28 bits per heavy atom. The van der Waals surface area contributed by atoms with E-state index in [2.05, 4.69) is 16.9 Å². The first-order chi connectivity index (χ1) is 8.13. The molecule has 0 fully saturated rings. The van der Waals surface area contributed by atoms with Gasteiger partial charge in [-0.2, -0.15) is 0 Å². The average Bonchev–Trinajstić information content (AvgIpc) is 2.76. The van der Waals surface area contributed by atoms with Crippen molar-refractivity contribution < 1.29 is 4.42 Å². The lowest BCUT2D eigenvalue weighted by atomic mass is 10.3. The van der Waals surface area contributed by atoms with Crippen LogP contribution in [0, 0.1) is 0 Å². The van der Waals surface area contributed by atoms with Crippen LogP contribution in [0.2, 0.25) is 0 Å². The lowest BCUT2D eigenvalue weighted by Gasteiger charge is -2.21. The minimum Gasteiger partial charge on any atom is -0.469 e. The molecular formula is C13H22IN3O. The van der Waals surface area contributed by atoms with Gasteiger partial charge in [0.05, 0.1) is 6.26 Å². The van der Waals surface area contributed by atoms with Crippen molar-refractivity contribution in [1.29, 1.82) is 0 Å². The fourth-order valence-corrected chi connectivity index (χ4v) is 1.62. The van der Waals surface area contributed by atoms with Crippen LogP contribution >= 0.6 is 24.0 Å². The van der Waals surface area contributed by atoms with Crippen molar-refractivity contribution in [2.75, 3.05) is 27.2 Å². The Kier molecular flexibility index (Phi) is 8.53. The van der Waals surface area contributed by atoms with Crippen molar-refractivity contribution in [3.63, 3.8) is 0 Å². The van der Waals surface area contributed by atoms with Gasteiger partial charge in [0.1, 0.15) is 5.76 Å². The summed E-state index contributed by atoms with van der Waals surface area (Å²) in [5.41, 5.74) is 1.11. The van der Waals surface area contributed by atoms with E-state index >= 15 is 0 Å². The normalized spacial score (nSPS) is 10.7. The fourth-order valence-electron chi connectivity index (χ4n) is 1.62. The topological polar surface area (TPSA) is 40.8 Å². The molecule has 102 valence electrons. The van der Waals surface area contributed by atoms with Crippen LogP contribution in [0.15, 0.2) is 40.0 Å². The van der Waals surface area contributed by atoms with E-state index in [4.69, 9.17) is 4.42 Å². The van der Waals surface area contributed by atoms with Gasteiger partial charge in [-0.1, -0.05) is 12.2 Å². The minimum absolute atomic E-state index is 0. The Morgan fingerprint density at radius 1 is 1.56 bits per heavy atom. The number of nitrogens with zero attached hydrogens (tertiary/aromatic N) is 2. The number of aliphatic imine (C=N–C) groups is 1. The Labute approximate surface area is 126 Å². The highest BCUT2D eigenvalue weighted by Crippen LogP contribution is 2.00. The predicted octanol–water partition coefficient (Wildman–Crippen LogP) is 2.52. The molecule has 18 heavy (non-hydrogen) atoms. The summed E-state index contributed by atoms with van der Waals surface area (Å²) in [7, 11) is 3.78. The van der Waals surface area contributed by atoms with E-state index in [1.54, 1.807) is 13.3 Å². The van der Waals surface area contributed by atoms with Gasteiger partial charge in [0, 0.05) is 33.6 Å². The van der Waals surface area contributed by atoms with Gasteiger partial charge in [-0.3, -0.25) is 4.99 Å². The summed E-state index contributed by atoms with van der Waals surface area (Å²) in [6.45, 7) is 7.51. The molecule has 5 heteroatoms. The van der Waals surface area contributed by atoms with Crippen molar-refractivity contribution >= 4 is 29.9 Å². The van der Waals surface area contributed by atoms with E-state index in [9.17, 15) is 0 Å². The Bertz CT molecular complexity index is 374. The van der Waals surface area contributed by atoms with Gasteiger partial charge in [-0.05, 0) is 19.1 Å². The van der Waals surface area contributed by atoms with Crippen LogP contribution in [0.1, 0.15) is 12.7 Å². The molecule has 0 radical (unpaired) electrons. The standard InChI is InChI=1S/C13H21N3O.HI/c1-11(2)10-16(4)13(14-3)15-8-7-12-6-5-9-17-12;/h5-6,9H,1,7-8,10H2,2-4H3,(H,14,15);1H. The maximum Gasteiger partial charge on any atom is 0.193 e. The Balaban J connectivity index is 0.00000289. The molecule has 1 heterocycles. The first kappa shape index (κ1) is 17.0. The smallest absolute Gasteiger partial charge is 0.193 e. The van der Waals surface area contributed by atoms with Crippen molar-refractivity contribution in [2.45, 2.75) is 13.3 Å². The SMILES string of the molecule is C=C(C)CN(C)C(=NC)NCCc1ccco1.I. The number of likely N-dealkylation sites (N-methyl/N-ethyl adjacent to an activating group) is 1. The summed E-state index contributed by atoms with van der Waals surface area (Å²) in [4.78, 5) is 6.27. The maximum atomic E-state index is 5.27. The second kappa shape index (κ2) is 9.02. The molecule has 0 aliphatic rings. The quantitative estimate of drug-likeness (QED) is 0.378. The number of halogens is 1. The van der Waals surface area contributed by atoms with Crippen LogP contribution in [-0.2, 0) is 6.42 Å². The van der Waals surface area contributed by atoms with Gasteiger partial charge in [0.25, 0.3) is 0 Å². The van der Waals surface area contributed by atoms with Gasteiger partial charge in [-0.15, -0.1) is 24.0 Å². The van der Waals surface area contributed by atoms with E-state index in [1.165, 1.54) is 0 Å². The molecule has 0 spiro atoms. The van der Waals surface area contributed by atoms with Crippen LogP contribution in [0.5, 0.6) is 0 Å². The van der Waals surface area contributed by atoms with E-state index < -0.39 is 0 Å². The van der Waals surface area contributed by atoms with Gasteiger partial charge in [-0.25, -0.2) is 0 Å². The number of hydrogen-bond donors (Lipinski definition) is 1. The number of guanidine groups is 1. The van der Waals surface area contributed by atoms with E-state index in [0.29, 0.717) is 0 Å². The minimum atomic E-state index is 0. The van der Waals surface area contributed by atoms with E-state index in [-0.39, 0.29) is 24.0 Å². The summed E-state index contributed by atoms with van der Waals surface area (Å²) in [6.07, 6.45) is 2.55. The molecule has 0 unspecified atom stereocenters. The van der Waals surface area contributed by atoms with Crippen LogP contribution in [0.3, 0.4) is 0 Å². The molecule has 1 aromatic heterocycles. The molecule has 0 saturated heterocycles. The highest BCUT2D eigenvalue weighted by atomic mass is 127. The largest absolute Gasteiger partial charge is 0.469 e. The Hall–Kier alpha value is -0.980. The van der Waals surface area contributed by atoms with Gasteiger partial charge in [0.2, 0.25) is 0 Å². The summed E-state index contributed by atoms with van der Waals surface area (Å²) >= 11 is 0. The number of furan rings is 1. The molecule has 0 bridgehead atoms. The molecule has 1 aromatic rings. The molecule has 0 atom stereocenters. The average molecular weight is 363 g/mol. The highest BCUT2D eigenvalue weighted by molar-refractivity contribution is 14.0. The van der Waals surface area contributed by atoms with Crippen LogP contribution in [0.4, 0.5) is 0 Å². The lowest BCUT2D eigenvalue weighted by Crippen LogP contribution is -2.40. The van der Waals surface area contributed by atoms with Gasteiger partial charge in [0.15, 0.2) is 5.96 Å².